The van der Waals surface area contributed by atoms with Gasteiger partial charge in [-0.15, -0.1) is 0 Å². The second-order valence-corrected chi connectivity index (χ2v) is 8.87. The monoisotopic (exact) mass is 311 g/mol. The van der Waals surface area contributed by atoms with Crippen molar-refractivity contribution in [3.05, 3.63) is 11.9 Å². The number of aryl methyl sites for hydroxylation is 1. The lowest BCUT2D eigenvalue weighted by Gasteiger charge is -2.24. The summed E-state index contributed by atoms with van der Waals surface area (Å²) >= 11 is 0. The van der Waals surface area contributed by atoms with E-state index in [1.54, 1.807) is 0 Å². The Morgan fingerprint density at radius 2 is 2.00 bits per heavy atom. The Hall–Kier alpha value is -1.04. The Morgan fingerprint density at radius 3 is 2.67 bits per heavy atom. The van der Waals surface area contributed by atoms with Crippen LogP contribution in [0.4, 0.5) is 5.95 Å². The number of imidazole rings is 1. The highest BCUT2D eigenvalue weighted by Crippen LogP contribution is 2.25. The molecule has 3 rings (SSSR count). The molecular formula is C15H25N3O2S. The van der Waals surface area contributed by atoms with Gasteiger partial charge in [0, 0.05) is 18.8 Å². The molecule has 6 heteroatoms. The standard InChI is InChI=1S/C15H25N3O2S/c1-12-10-18(11-14-8-5-9-21(14,19)20)15(16-12)17-13-6-3-2-4-7-13/h10,13-14H,2-9,11H2,1H3,(H,16,17). The highest BCUT2D eigenvalue weighted by molar-refractivity contribution is 7.92. The van der Waals surface area contributed by atoms with Crippen molar-refractivity contribution < 1.29 is 8.42 Å². The maximum Gasteiger partial charge on any atom is 0.203 e. The Bertz CT molecular complexity index is 588. The zero-order chi connectivity index (χ0) is 14.9. The summed E-state index contributed by atoms with van der Waals surface area (Å²) in [5.74, 6) is 1.19. The topological polar surface area (TPSA) is 64.0 Å². The van der Waals surface area contributed by atoms with E-state index in [-0.39, 0.29) is 5.25 Å². The van der Waals surface area contributed by atoms with Gasteiger partial charge in [0.2, 0.25) is 5.95 Å². The third kappa shape index (κ3) is 3.42. The van der Waals surface area contributed by atoms with Crippen LogP contribution in [0.3, 0.4) is 0 Å². The van der Waals surface area contributed by atoms with E-state index in [1.165, 1.54) is 32.1 Å². The van der Waals surface area contributed by atoms with Crippen molar-refractivity contribution in [3.8, 4) is 0 Å². The third-order valence-corrected chi connectivity index (χ3v) is 6.96. The molecule has 1 N–H and O–H groups in total. The molecule has 1 saturated carbocycles. The van der Waals surface area contributed by atoms with Crippen LogP contribution < -0.4 is 5.32 Å². The van der Waals surface area contributed by atoms with Gasteiger partial charge in [-0.05, 0) is 32.6 Å². The molecular weight excluding hydrogens is 286 g/mol. The van der Waals surface area contributed by atoms with Gasteiger partial charge in [0.1, 0.15) is 0 Å². The first-order chi connectivity index (χ1) is 10.0. The zero-order valence-corrected chi connectivity index (χ0v) is 13.5. The molecule has 1 aromatic heterocycles. The predicted octanol–water partition coefficient (Wildman–Crippen LogP) is 2.51. The smallest absolute Gasteiger partial charge is 0.203 e. The zero-order valence-electron chi connectivity index (χ0n) is 12.7. The minimum atomic E-state index is -2.90. The molecule has 2 aliphatic rings. The van der Waals surface area contributed by atoms with E-state index in [4.69, 9.17) is 0 Å². The van der Waals surface area contributed by atoms with Crippen LogP contribution in [0.25, 0.3) is 0 Å². The highest BCUT2D eigenvalue weighted by atomic mass is 32.2. The third-order valence-electron chi connectivity index (χ3n) is 4.70. The number of rotatable bonds is 4. The summed E-state index contributed by atoms with van der Waals surface area (Å²) < 4.78 is 26.1. The average Bonchev–Trinajstić information content (AvgIpc) is 2.94. The Labute approximate surface area is 127 Å². The molecule has 2 fully saturated rings. The average molecular weight is 311 g/mol. The lowest BCUT2D eigenvalue weighted by molar-refractivity contribution is 0.458. The van der Waals surface area contributed by atoms with Gasteiger partial charge < -0.3 is 9.88 Å². The molecule has 0 aromatic carbocycles. The second-order valence-electron chi connectivity index (χ2n) is 6.47. The van der Waals surface area contributed by atoms with Crippen molar-refractivity contribution in [1.29, 1.82) is 0 Å². The van der Waals surface area contributed by atoms with Crippen LogP contribution in [-0.2, 0) is 16.4 Å². The molecule has 1 aromatic rings. The first-order valence-electron chi connectivity index (χ1n) is 8.06. The normalized spacial score (nSPS) is 26.0. The van der Waals surface area contributed by atoms with Gasteiger partial charge in [0.05, 0.1) is 16.7 Å². The maximum absolute atomic E-state index is 12.0. The SMILES string of the molecule is Cc1cn(CC2CCCS2(=O)=O)c(NC2CCCCC2)n1. The van der Waals surface area contributed by atoms with Crippen LogP contribution in [0.1, 0.15) is 50.6 Å². The summed E-state index contributed by atoms with van der Waals surface area (Å²) in [6.07, 6.45) is 9.80. The lowest BCUT2D eigenvalue weighted by atomic mass is 9.96. The van der Waals surface area contributed by atoms with Gasteiger partial charge in [-0.1, -0.05) is 19.3 Å². The van der Waals surface area contributed by atoms with E-state index in [2.05, 4.69) is 10.3 Å². The molecule has 1 atom stereocenters. The summed E-state index contributed by atoms with van der Waals surface area (Å²) in [4.78, 5) is 4.55. The van der Waals surface area contributed by atoms with Gasteiger partial charge in [-0.25, -0.2) is 13.4 Å². The number of hydrogen-bond acceptors (Lipinski definition) is 4. The van der Waals surface area contributed by atoms with Crippen molar-refractivity contribution in [3.63, 3.8) is 0 Å². The lowest BCUT2D eigenvalue weighted by Crippen LogP contribution is -2.27. The highest BCUT2D eigenvalue weighted by Gasteiger charge is 2.32. The van der Waals surface area contributed by atoms with Gasteiger partial charge >= 0.3 is 0 Å². The van der Waals surface area contributed by atoms with Crippen molar-refractivity contribution in [2.24, 2.45) is 0 Å². The molecule has 1 saturated heterocycles. The number of nitrogens with one attached hydrogen (secondary N) is 1. The Balaban J connectivity index is 1.73. The van der Waals surface area contributed by atoms with Crippen molar-refractivity contribution in [2.45, 2.75) is 69.7 Å². The van der Waals surface area contributed by atoms with E-state index in [9.17, 15) is 8.42 Å². The van der Waals surface area contributed by atoms with Gasteiger partial charge in [0.25, 0.3) is 0 Å². The van der Waals surface area contributed by atoms with Crippen molar-refractivity contribution in [1.82, 2.24) is 9.55 Å². The Morgan fingerprint density at radius 1 is 1.24 bits per heavy atom. The fourth-order valence-corrected chi connectivity index (χ4v) is 5.33. The van der Waals surface area contributed by atoms with E-state index in [0.29, 0.717) is 18.3 Å². The Kier molecular flexibility index (Phi) is 4.24. The molecule has 0 bridgehead atoms. The van der Waals surface area contributed by atoms with Gasteiger partial charge in [-0.3, -0.25) is 0 Å². The van der Waals surface area contributed by atoms with Crippen LogP contribution in [0, 0.1) is 6.92 Å². The first-order valence-corrected chi connectivity index (χ1v) is 9.78. The first kappa shape index (κ1) is 14.9. The summed E-state index contributed by atoms with van der Waals surface area (Å²) in [6.45, 7) is 2.50. The minimum Gasteiger partial charge on any atom is -0.353 e. The number of aromatic nitrogens is 2. The molecule has 0 amide bonds. The minimum absolute atomic E-state index is 0.238. The van der Waals surface area contributed by atoms with Crippen LogP contribution >= 0.6 is 0 Å². The summed E-state index contributed by atoms with van der Waals surface area (Å²) in [5, 5.41) is 3.29. The maximum atomic E-state index is 12.0. The van der Waals surface area contributed by atoms with E-state index >= 15 is 0 Å². The van der Waals surface area contributed by atoms with E-state index in [1.807, 2.05) is 17.7 Å². The van der Waals surface area contributed by atoms with Crippen LogP contribution in [-0.4, -0.2) is 35.0 Å². The molecule has 0 spiro atoms. The largest absolute Gasteiger partial charge is 0.353 e. The fourth-order valence-electron chi connectivity index (χ4n) is 3.51. The van der Waals surface area contributed by atoms with E-state index < -0.39 is 9.84 Å². The summed E-state index contributed by atoms with van der Waals surface area (Å²) in [5.41, 5.74) is 0.948. The number of nitrogens with zero attached hydrogens (tertiary/aromatic N) is 2. The van der Waals surface area contributed by atoms with Crippen molar-refractivity contribution >= 4 is 15.8 Å². The van der Waals surface area contributed by atoms with Gasteiger partial charge in [-0.2, -0.15) is 0 Å². The fraction of sp³-hybridized carbons (Fsp3) is 0.800. The number of anilines is 1. The van der Waals surface area contributed by atoms with E-state index in [0.717, 1.165) is 24.5 Å². The predicted molar refractivity (Wildman–Crippen MR) is 84.3 cm³/mol. The van der Waals surface area contributed by atoms with Crippen LogP contribution in [0.5, 0.6) is 0 Å². The van der Waals surface area contributed by atoms with Crippen molar-refractivity contribution in [2.75, 3.05) is 11.1 Å². The molecule has 118 valence electrons. The molecule has 0 radical (unpaired) electrons. The molecule has 1 unspecified atom stereocenters. The second kappa shape index (κ2) is 5.99. The molecule has 21 heavy (non-hydrogen) atoms. The quantitative estimate of drug-likeness (QED) is 0.928. The van der Waals surface area contributed by atoms with Crippen LogP contribution in [0.2, 0.25) is 0 Å². The summed E-state index contributed by atoms with van der Waals surface area (Å²) in [7, 11) is -2.90. The molecule has 1 aliphatic heterocycles. The molecule has 1 aliphatic carbocycles. The number of sulfone groups is 1. The molecule has 5 nitrogen and oxygen atoms in total. The number of hydrogen-bond donors (Lipinski definition) is 1. The van der Waals surface area contributed by atoms with Crippen LogP contribution in [0.15, 0.2) is 6.20 Å². The molecule has 2 heterocycles. The van der Waals surface area contributed by atoms with Gasteiger partial charge in [0.15, 0.2) is 9.84 Å². The summed E-state index contributed by atoms with van der Waals surface area (Å²) in [6, 6.07) is 0.486.